The van der Waals surface area contributed by atoms with Gasteiger partial charge in [0.05, 0.1) is 25.7 Å². The fourth-order valence-corrected chi connectivity index (χ4v) is 5.83. The number of carbonyl (C=O) groups is 7. The van der Waals surface area contributed by atoms with Gasteiger partial charge in [-0.15, -0.1) is 0 Å². The number of hydrogen-bond acceptors (Lipinski definition) is 13. The Labute approximate surface area is 349 Å². The highest BCUT2D eigenvalue weighted by Crippen LogP contribution is 2.21. The molecule has 0 radical (unpaired) electrons. The maximum absolute atomic E-state index is 13.1. The monoisotopic (exact) mass is 841 g/mol. The van der Waals surface area contributed by atoms with Crippen LogP contribution in [0.4, 0.5) is 0 Å². The Morgan fingerprint density at radius 2 is 1.37 bits per heavy atom. The first-order chi connectivity index (χ1) is 28.4. The molecule has 0 heterocycles. The van der Waals surface area contributed by atoms with E-state index in [0.29, 0.717) is 19.4 Å². The van der Waals surface area contributed by atoms with E-state index in [0.717, 1.165) is 42.3 Å². The Hall–Kier alpha value is -5.45. The van der Waals surface area contributed by atoms with Gasteiger partial charge in [-0.05, 0) is 81.3 Å². The molecule has 0 spiro atoms. The van der Waals surface area contributed by atoms with Crippen LogP contribution >= 0.6 is 0 Å². The number of rotatable bonds is 25. The van der Waals surface area contributed by atoms with Crippen LogP contribution in [0.25, 0.3) is 11.1 Å². The molecule has 0 saturated carbocycles. The number of hydrogen-bond donors (Lipinski definition) is 12. The quantitative estimate of drug-likeness (QED) is 0.0266. The van der Waals surface area contributed by atoms with Gasteiger partial charge in [-0.25, -0.2) is 0 Å². The van der Waals surface area contributed by atoms with Gasteiger partial charge in [0, 0.05) is 12.6 Å². The second-order valence-electron chi connectivity index (χ2n) is 14.3. The fourth-order valence-electron chi connectivity index (χ4n) is 5.83. The number of nitrogens with zero attached hydrogens (tertiary/aromatic N) is 1. The third-order valence-corrected chi connectivity index (χ3v) is 9.38. The molecule has 7 amide bonds. The van der Waals surface area contributed by atoms with Gasteiger partial charge in [0.2, 0.25) is 29.5 Å². The van der Waals surface area contributed by atoms with Crippen molar-refractivity contribution in [1.29, 1.82) is 0 Å². The second-order valence-corrected chi connectivity index (χ2v) is 14.3. The van der Waals surface area contributed by atoms with Gasteiger partial charge in [-0.1, -0.05) is 49.7 Å². The van der Waals surface area contributed by atoms with E-state index in [2.05, 4.69) is 51.0 Å². The van der Waals surface area contributed by atoms with Gasteiger partial charge in [-0.3, -0.25) is 33.6 Å². The second kappa shape index (κ2) is 25.9. The molecule has 20 nitrogen and oxygen atoms in total. The molecule has 6 atom stereocenters. The van der Waals surface area contributed by atoms with Gasteiger partial charge >= 0.3 is 7.12 Å². The molecule has 0 aliphatic heterocycles. The number of unbranched alkanes of at least 4 members (excludes halogenated alkanes) is 2. The van der Waals surface area contributed by atoms with E-state index in [1.165, 1.54) is 19.4 Å². The summed E-state index contributed by atoms with van der Waals surface area (Å²) in [5.41, 5.74) is 14.7. The van der Waals surface area contributed by atoms with Gasteiger partial charge in [-0.2, -0.15) is 0 Å². The molecule has 2 aromatic carbocycles. The zero-order valence-electron chi connectivity index (χ0n) is 34.5. The predicted octanol–water partition coefficient (Wildman–Crippen LogP) is -3.24. The fraction of sp³-hybridized carbons (Fsp3) is 0.513. The van der Waals surface area contributed by atoms with Crippen molar-refractivity contribution < 1.29 is 53.8 Å². The Balaban J connectivity index is 1.93. The summed E-state index contributed by atoms with van der Waals surface area (Å²) in [4.78, 5) is 91.0. The lowest BCUT2D eigenvalue weighted by atomic mass is 9.92. The van der Waals surface area contributed by atoms with Crippen LogP contribution in [0, 0.1) is 0 Å². The maximum Gasteiger partial charge on any atom is 0.472 e. The van der Waals surface area contributed by atoms with Crippen molar-refractivity contribution in [3.8, 4) is 11.1 Å². The van der Waals surface area contributed by atoms with Crippen LogP contribution in [0.15, 0.2) is 48.5 Å². The third kappa shape index (κ3) is 16.7. The van der Waals surface area contributed by atoms with Crippen LogP contribution in [0.5, 0.6) is 0 Å². The lowest BCUT2D eigenvalue weighted by molar-refractivity contribution is -0.144. The van der Waals surface area contributed by atoms with E-state index in [4.69, 9.17) is 21.5 Å². The highest BCUT2D eigenvalue weighted by molar-refractivity contribution is 6.41. The molecular weight excluding hydrogens is 781 g/mol. The SMILES string of the molecule is CCCCc1ccc(-c2ccc(C(=O)NC(CO)C(=O)NC(C)C(=O)NCC(=O)N(C)C(C(=O)NC(N)C(=O)NC(CCCCN)C(=O)NCB(O)O)C(C)O)cc2)cc1. The molecule has 14 N–H and O–H groups in total. The standard InChI is InChI=1S/C39H60BN9O11/c1-5-6-9-25-11-13-26(14-12-25)27-15-17-28(18-16-27)35(54)47-30(21-50)37(56)45-23(2)34(53)43-20-31(52)49(4)32(24(3)51)38(57)48-33(42)39(58)46-29(10-7-8-19-41)36(55)44-22-40(59)60/h11-18,23-24,29-30,32-33,50-51,59-60H,5-10,19-22,41-42H2,1-4H3,(H,43,53)(H,44,55)(H,45,56)(H,46,58)(H,47,54)(H,48,57). The van der Waals surface area contributed by atoms with Gasteiger partial charge in [0.1, 0.15) is 24.2 Å². The number of nitrogens with one attached hydrogen (secondary N) is 6. The number of nitrogens with two attached hydrogens (primary N) is 2. The topological polar surface area (TPSA) is 328 Å². The van der Waals surface area contributed by atoms with Crippen molar-refractivity contribution in [2.24, 2.45) is 11.5 Å². The lowest BCUT2D eigenvalue weighted by Gasteiger charge is -2.30. The Morgan fingerprint density at radius 1 is 0.750 bits per heavy atom. The normalized spacial score (nSPS) is 13.9. The minimum Gasteiger partial charge on any atom is -0.426 e. The number of amides is 7. The molecule has 6 unspecified atom stereocenters. The van der Waals surface area contributed by atoms with Crippen molar-refractivity contribution in [3.05, 3.63) is 59.7 Å². The molecular formula is C39H60BN9O11. The summed E-state index contributed by atoms with van der Waals surface area (Å²) in [5.74, 6) is -6.01. The molecule has 0 bridgehead atoms. The molecule has 0 aromatic heterocycles. The average molecular weight is 842 g/mol. The van der Waals surface area contributed by atoms with Crippen molar-refractivity contribution in [1.82, 2.24) is 36.8 Å². The Morgan fingerprint density at radius 3 is 1.92 bits per heavy atom. The smallest absolute Gasteiger partial charge is 0.426 e. The Bertz CT molecular complexity index is 1730. The highest BCUT2D eigenvalue weighted by atomic mass is 16.4. The zero-order chi connectivity index (χ0) is 44.9. The van der Waals surface area contributed by atoms with Crippen LogP contribution in [0.3, 0.4) is 0 Å². The summed E-state index contributed by atoms with van der Waals surface area (Å²) in [7, 11) is -0.681. The summed E-state index contributed by atoms with van der Waals surface area (Å²) in [6.07, 6.45) is 0.496. The number of likely N-dealkylation sites (N-methyl/N-ethyl adjacent to an activating group) is 1. The number of aliphatic hydroxyl groups is 2. The van der Waals surface area contributed by atoms with Gasteiger partial charge in [0.25, 0.3) is 11.8 Å². The molecule has 2 aromatic rings. The van der Waals surface area contributed by atoms with Crippen molar-refractivity contribution in [2.45, 2.75) is 95.7 Å². The first kappa shape index (κ1) is 50.7. The highest BCUT2D eigenvalue weighted by Gasteiger charge is 2.34. The molecule has 0 saturated heterocycles. The van der Waals surface area contributed by atoms with Gasteiger partial charge < -0.3 is 68.5 Å². The van der Waals surface area contributed by atoms with Crippen molar-refractivity contribution in [3.63, 3.8) is 0 Å². The first-order valence-electron chi connectivity index (χ1n) is 19.8. The average Bonchev–Trinajstić information content (AvgIpc) is 3.22. The van der Waals surface area contributed by atoms with Crippen LogP contribution in [0.2, 0.25) is 0 Å². The molecule has 330 valence electrons. The van der Waals surface area contributed by atoms with E-state index >= 15 is 0 Å². The van der Waals surface area contributed by atoms with E-state index in [1.54, 1.807) is 24.3 Å². The van der Waals surface area contributed by atoms with E-state index in [-0.39, 0.29) is 12.0 Å². The van der Waals surface area contributed by atoms with Crippen molar-refractivity contribution in [2.75, 3.05) is 33.2 Å². The molecule has 0 fully saturated rings. The summed E-state index contributed by atoms with van der Waals surface area (Å²) in [6.45, 7) is 3.47. The minimum absolute atomic E-state index is 0.113. The summed E-state index contributed by atoms with van der Waals surface area (Å²) in [5, 5.41) is 52.3. The van der Waals surface area contributed by atoms with E-state index < -0.39 is 105 Å². The van der Waals surface area contributed by atoms with Crippen LogP contribution in [0.1, 0.15) is 68.8 Å². The first-order valence-corrected chi connectivity index (χ1v) is 19.8. The predicted molar refractivity (Wildman–Crippen MR) is 222 cm³/mol. The zero-order valence-corrected chi connectivity index (χ0v) is 34.5. The summed E-state index contributed by atoms with van der Waals surface area (Å²) in [6, 6.07) is 9.41. The molecule has 2 rings (SSSR count). The van der Waals surface area contributed by atoms with E-state index in [1.807, 2.05) is 12.1 Å². The Kier molecular flexibility index (Phi) is 21.9. The van der Waals surface area contributed by atoms with E-state index in [9.17, 15) is 43.8 Å². The molecule has 0 aliphatic rings. The number of benzene rings is 2. The number of aliphatic hydroxyl groups excluding tert-OH is 2. The maximum atomic E-state index is 13.1. The largest absolute Gasteiger partial charge is 0.472 e. The van der Waals surface area contributed by atoms with Crippen LogP contribution < -0.4 is 43.4 Å². The molecule has 60 heavy (non-hydrogen) atoms. The summed E-state index contributed by atoms with van der Waals surface area (Å²) < 4.78 is 0. The van der Waals surface area contributed by atoms with Crippen molar-refractivity contribution >= 4 is 48.5 Å². The minimum atomic E-state index is -1.84. The van der Waals surface area contributed by atoms with Crippen LogP contribution in [-0.4, -0.2) is 143 Å². The molecule has 0 aliphatic carbocycles. The number of aryl methyl sites for hydroxylation is 1. The summed E-state index contributed by atoms with van der Waals surface area (Å²) >= 11 is 0. The third-order valence-electron chi connectivity index (χ3n) is 9.38. The number of carbonyl (C=O) groups excluding carboxylic acids is 7. The van der Waals surface area contributed by atoms with Crippen LogP contribution in [-0.2, 0) is 35.2 Å². The lowest BCUT2D eigenvalue weighted by Crippen LogP contribution is -2.62. The van der Waals surface area contributed by atoms with Gasteiger partial charge in [0.15, 0.2) is 6.17 Å². The molecule has 21 heteroatoms.